The maximum Gasteiger partial charge on any atom is 4.00 e. The van der Waals surface area contributed by atoms with Crippen LogP contribution >= 0.6 is 0 Å². The van der Waals surface area contributed by atoms with Crippen LogP contribution < -0.4 is 42.4 Å². The van der Waals surface area contributed by atoms with Gasteiger partial charge in [-0.3, -0.25) is 0 Å². The first-order chi connectivity index (χ1) is 13.5. The van der Waals surface area contributed by atoms with Gasteiger partial charge in [-0.05, 0) is 16.7 Å². The van der Waals surface area contributed by atoms with E-state index in [1.54, 1.807) is 0 Å². The Morgan fingerprint density at radius 2 is 0.875 bits per heavy atom. The van der Waals surface area contributed by atoms with E-state index in [1.807, 2.05) is 0 Å². The third-order valence-corrected chi connectivity index (χ3v) is 7.72. The zero-order valence-electron chi connectivity index (χ0n) is 18.5. The summed E-state index contributed by atoms with van der Waals surface area (Å²) in [5, 5.41) is 1.51. The molecular formula is C27H27Cl3SiTi. The molecule has 0 atom stereocenters. The summed E-state index contributed by atoms with van der Waals surface area (Å²) < 4.78 is 0. The molecule has 0 aromatic heterocycles. The summed E-state index contributed by atoms with van der Waals surface area (Å²) in [4.78, 5) is 0. The van der Waals surface area contributed by atoms with Crippen molar-refractivity contribution in [3.63, 3.8) is 0 Å². The topological polar surface area (TPSA) is 0 Å². The second kappa shape index (κ2) is 12.9. The molecule has 0 aliphatic carbocycles. The third kappa shape index (κ3) is 5.83. The molecule has 0 nitrogen and oxygen atoms in total. The van der Waals surface area contributed by atoms with Crippen LogP contribution in [0.1, 0.15) is 22.3 Å². The molecule has 0 bridgehead atoms. The van der Waals surface area contributed by atoms with Crippen LogP contribution in [0.15, 0.2) is 109 Å². The minimum absolute atomic E-state index is 0. The van der Waals surface area contributed by atoms with Gasteiger partial charge in [-0.25, -0.2) is 6.07 Å². The summed E-state index contributed by atoms with van der Waals surface area (Å²) in [7, 11) is -1.39. The van der Waals surface area contributed by atoms with E-state index in [-0.39, 0.29) is 64.4 Å². The van der Waals surface area contributed by atoms with Crippen molar-refractivity contribution in [3.8, 4) is 0 Å². The van der Waals surface area contributed by atoms with Gasteiger partial charge in [-0.2, -0.15) is 22.9 Å². The molecule has 0 spiro atoms. The van der Waals surface area contributed by atoms with Crippen molar-refractivity contribution < 1.29 is 58.9 Å². The van der Waals surface area contributed by atoms with E-state index in [0.717, 1.165) is 0 Å². The fourth-order valence-electron chi connectivity index (χ4n) is 4.21. The fraction of sp³-hybridized carbons (Fsp3) is 0.148. The van der Waals surface area contributed by atoms with Crippen molar-refractivity contribution in [3.05, 3.63) is 131 Å². The van der Waals surface area contributed by atoms with Gasteiger partial charge in [0.15, 0.2) is 0 Å². The van der Waals surface area contributed by atoms with Crippen LogP contribution in [0.4, 0.5) is 0 Å². The molecule has 0 saturated heterocycles. The molecule has 0 saturated carbocycles. The monoisotopic (exact) mass is 532 g/mol. The number of hydrogen-bond acceptors (Lipinski definition) is 0. The summed E-state index contributed by atoms with van der Waals surface area (Å²) in [6, 6.07) is 40.0. The number of hydrogen-bond donors (Lipinski definition) is 0. The Hall–Kier alpha value is -1.19. The Morgan fingerprint density at radius 3 is 1.16 bits per heavy atom. The van der Waals surface area contributed by atoms with E-state index in [1.165, 1.54) is 27.4 Å². The third-order valence-electron chi connectivity index (χ3n) is 5.67. The van der Waals surface area contributed by atoms with Crippen molar-refractivity contribution >= 4 is 13.3 Å². The van der Waals surface area contributed by atoms with Gasteiger partial charge < -0.3 is 37.2 Å². The maximum atomic E-state index is 2.46. The Balaban J connectivity index is 0.00000240. The van der Waals surface area contributed by atoms with Crippen LogP contribution in [-0.4, -0.2) is 8.07 Å². The number of benzene rings is 3. The van der Waals surface area contributed by atoms with Gasteiger partial charge in [0.25, 0.3) is 0 Å². The molecule has 0 N–H and O–H groups in total. The van der Waals surface area contributed by atoms with Gasteiger partial charge in [0.2, 0.25) is 0 Å². The largest absolute Gasteiger partial charge is 4.00 e. The molecule has 5 heteroatoms. The maximum absolute atomic E-state index is 2.46. The molecule has 4 aromatic rings. The smallest absolute Gasteiger partial charge is 1.00 e. The van der Waals surface area contributed by atoms with Gasteiger partial charge in [0.05, 0.1) is 0 Å². The van der Waals surface area contributed by atoms with Gasteiger partial charge in [-0.15, -0.1) is 0 Å². The second-order valence-electron chi connectivity index (χ2n) is 8.49. The first-order valence-electron chi connectivity index (χ1n) is 9.97. The molecule has 0 radical (unpaired) electrons. The molecule has 0 heterocycles. The number of rotatable bonds is 5. The molecule has 0 fully saturated rings. The number of halogens is 3. The summed E-state index contributed by atoms with van der Waals surface area (Å²) in [5.74, 6) is 0. The average molecular weight is 534 g/mol. The van der Waals surface area contributed by atoms with Crippen LogP contribution in [0.2, 0.25) is 19.6 Å². The molecule has 0 aliphatic heterocycles. The summed E-state index contributed by atoms with van der Waals surface area (Å²) in [5.41, 5.74) is 4.95. The quantitative estimate of drug-likeness (QED) is 0.149. The predicted octanol–water partition coefficient (Wildman–Crippen LogP) is -2.66. The van der Waals surface area contributed by atoms with Crippen molar-refractivity contribution in [2.45, 2.75) is 25.1 Å². The Bertz CT molecular complexity index is 946. The minimum atomic E-state index is -1.39. The minimum Gasteiger partial charge on any atom is -1.00 e. The van der Waals surface area contributed by atoms with Gasteiger partial charge in [-0.1, -0.05) is 111 Å². The van der Waals surface area contributed by atoms with Crippen LogP contribution in [-0.2, 0) is 27.1 Å². The van der Waals surface area contributed by atoms with Gasteiger partial charge >= 0.3 is 21.7 Å². The van der Waals surface area contributed by atoms with Crippen molar-refractivity contribution in [1.29, 1.82) is 0 Å². The normalized spacial score (nSPS) is 10.6. The average Bonchev–Trinajstić information content (AvgIpc) is 3.22. The van der Waals surface area contributed by atoms with E-state index < -0.39 is 8.07 Å². The van der Waals surface area contributed by atoms with E-state index in [2.05, 4.69) is 129 Å². The molecule has 0 aliphatic rings. The molecule has 4 aromatic carbocycles. The van der Waals surface area contributed by atoms with E-state index >= 15 is 0 Å². The Labute approximate surface area is 227 Å². The summed E-state index contributed by atoms with van der Waals surface area (Å²) in [6.07, 6.45) is 0. The van der Waals surface area contributed by atoms with E-state index in [4.69, 9.17) is 0 Å². The van der Waals surface area contributed by atoms with Crippen LogP contribution in [0, 0.1) is 0 Å². The van der Waals surface area contributed by atoms with E-state index in [0.29, 0.717) is 0 Å². The molecule has 0 unspecified atom stereocenters. The van der Waals surface area contributed by atoms with Crippen LogP contribution in [0.3, 0.4) is 0 Å². The molecular weight excluding hydrogens is 507 g/mol. The molecule has 32 heavy (non-hydrogen) atoms. The first-order valence-corrected chi connectivity index (χ1v) is 13.5. The standard InChI is InChI=1S/C27H27Si.3ClH.Ti/c1-28(2,3)26-20-19-25(21-26)27(22-13-7-4-8-14-22,23-15-9-5-10-16-23)24-17-11-6-12-18-24;;;;/h4-21H,1-3H3;3*1H;/q-1;;;;+4/p-3. The SMILES string of the molecule is C[Si](C)(C)[c-]1ccc(C(c2ccccc2)(c2ccccc2)c2ccccc2)c1.[Cl-].[Cl-].[Cl-].[Ti+4]. The fourth-order valence-corrected chi connectivity index (χ4v) is 5.38. The van der Waals surface area contributed by atoms with Crippen molar-refractivity contribution in [2.75, 3.05) is 0 Å². The molecule has 4 rings (SSSR count). The Kier molecular flexibility index (Phi) is 12.4. The Morgan fingerprint density at radius 1 is 0.531 bits per heavy atom. The zero-order valence-corrected chi connectivity index (χ0v) is 23.4. The first kappa shape index (κ1) is 30.8. The van der Waals surface area contributed by atoms with Crippen molar-refractivity contribution in [2.24, 2.45) is 0 Å². The van der Waals surface area contributed by atoms with Crippen LogP contribution in [0.25, 0.3) is 0 Å². The van der Waals surface area contributed by atoms with Crippen molar-refractivity contribution in [1.82, 2.24) is 0 Å². The van der Waals surface area contributed by atoms with E-state index in [9.17, 15) is 0 Å². The molecule has 164 valence electrons. The summed E-state index contributed by atoms with van der Waals surface area (Å²) >= 11 is 0. The predicted molar refractivity (Wildman–Crippen MR) is 123 cm³/mol. The van der Waals surface area contributed by atoms with Gasteiger partial charge in [0, 0.05) is 13.5 Å². The second-order valence-corrected chi connectivity index (χ2v) is 13.6. The zero-order chi connectivity index (χ0) is 19.6. The van der Waals surface area contributed by atoms with Crippen LogP contribution in [0.5, 0.6) is 0 Å². The van der Waals surface area contributed by atoms with Gasteiger partial charge in [0.1, 0.15) is 0 Å². The molecule has 0 amide bonds. The summed E-state index contributed by atoms with van der Waals surface area (Å²) in [6.45, 7) is 7.25.